The van der Waals surface area contributed by atoms with Crippen molar-refractivity contribution in [3.63, 3.8) is 0 Å². The second-order valence-corrected chi connectivity index (χ2v) is 6.34. The lowest BCUT2D eigenvalue weighted by atomic mass is 9.91. The van der Waals surface area contributed by atoms with Crippen LogP contribution in [0, 0.1) is 5.92 Å². The summed E-state index contributed by atoms with van der Waals surface area (Å²) < 4.78 is 0. The molecule has 0 spiro atoms. The lowest BCUT2D eigenvalue weighted by Crippen LogP contribution is -2.44. The van der Waals surface area contributed by atoms with E-state index < -0.39 is 0 Å². The van der Waals surface area contributed by atoms with Gasteiger partial charge < -0.3 is 10.2 Å². The molecule has 3 nitrogen and oxygen atoms in total. The van der Waals surface area contributed by atoms with Crippen LogP contribution >= 0.6 is 0 Å². The SMILES string of the molecule is CC1CCN(C(=O)c2cccc3c2CCCN3)C(C)C1. The topological polar surface area (TPSA) is 32.3 Å². The molecule has 1 aromatic carbocycles. The van der Waals surface area contributed by atoms with Crippen LogP contribution in [0.3, 0.4) is 0 Å². The van der Waals surface area contributed by atoms with Crippen molar-refractivity contribution in [1.82, 2.24) is 4.90 Å². The third-order valence-electron chi connectivity index (χ3n) is 4.72. The second kappa shape index (κ2) is 5.47. The molecule has 2 aliphatic rings. The average molecular weight is 272 g/mol. The number of nitrogens with zero attached hydrogens (tertiary/aromatic N) is 1. The first-order valence-corrected chi connectivity index (χ1v) is 7.83. The Morgan fingerprint density at radius 2 is 2.20 bits per heavy atom. The standard InChI is InChI=1S/C17H24N2O/c1-12-8-10-19(13(2)11-12)17(20)15-5-3-7-16-14(15)6-4-9-18-16/h3,5,7,12-13,18H,4,6,8-11H2,1-2H3. The minimum absolute atomic E-state index is 0.227. The maximum atomic E-state index is 12.9. The van der Waals surface area contributed by atoms with E-state index >= 15 is 0 Å². The molecule has 2 atom stereocenters. The molecule has 0 aromatic heterocycles. The van der Waals surface area contributed by atoms with E-state index in [0.717, 1.165) is 55.9 Å². The highest BCUT2D eigenvalue weighted by molar-refractivity contribution is 5.97. The van der Waals surface area contributed by atoms with Crippen molar-refractivity contribution >= 4 is 11.6 Å². The number of anilines is 1. The number of rotatable bonds is 1. The van der Waals surface area contributed by atoms with Gasteiger partial charge in [-0.25, -0.2) is 0 Å². The summed E-state index contributed by atoms with van der Waals surface area (Å²) in [5, 5.41) is 3.41. The number of fused-ring (bicyclic) bond motifs is 1. The fourth-order valence-electron chi connectivity index (χ4n) is 3.57. The third kappa shape index (κ3) is 2.41. The highest BCUT2D eigenvalue weighted by atomic mass is 16.2. The summed E-state index contributed by atoms with van der Waals surface area (Å²) in [5.41, 5.74) is 3.28. The number of piperidine rings is 1. The van der Waals surface area contributed by atoms with E-state index in [2.05, 4.69) is 30.1 Å². The van der Waals surface area contributed by atoms with Crippen molar-refractivity contribution in [3.05, 3.63) is 29.3 Å². The Hall–Kier alpha value is -1.51. The number of likely N-dealkylation sites (tertiary alicyclic amines) is 1. The van der Waals surface area contributed by atoms with Crippen molar-refractivity contribution < 1.29 is 4.79 Å². The lowest BCUT2D eigenvalue weighted by molar-refractivity contribution is 0.0587. The van der Waals surface area contributed by atoms with Gasteiger partial charge >= 0.3 is 0 Å². The molecule has 1 N–H and O–H groups in total. The maximum Gasteiger partial charge on any atom is 0.254 e. The van der Waals surface area contributed by atoms with Gasteiger partial charge in [0.1, 0.15) is 0 Å². The van der Waals surface area contributed by atoms with E-state index in [1.54, 1.807) is 0 Å². The van der Waals surface area contributed by atoms with Crippen LogP contribution in [0.2, 0.25) is 0 Å². The number of hydrogen-bond acceptors (Lipinski definition) is 2. The third-order valence-corrected chi connectivity index (χ3v) is 4.72. The maximum absolute atomic E-state index is 12.9. The Morgan fingerprint density at radius 3 is 3.00 bits per heavy atom. The van der Waals surface area contributed by atoms with Gasteiger partial charge in [-0.2, -0.15) is 0 Å². The lowest BCUT2D eigenvalue weighted by Gasteiger charge is -2.37. The number of benzene rings is 1. The minimum Gasteiger partial charge on any atom is -0.385 e. The largest absolute Gasteiger partial charge is 0.385 e. The van der Waals surface area contributed by atoms with Crippen LogP contribution in [0.5, 0.6) is 0 Å². The number of nitrogens with one attached hydrogen (secondary N) is 1. The highest BCUT2D eigenvalue weighted by Crippen LogP contribution is 2.29. The first kappa shape index (κ1) is 13.5. The molecule has 0 bridgehead atoms. The molecular formula is C17H24N2O. The molecule has 1 aromatic rings. The Balaban J connectivity index is 1.87. The van der Waals surface area contributed by atoms with Crippen LogP contribution in [0.15, 0.2) is 18.2 Å². The van der Waals surface area contributed by atoms with E-state index in [4.69, 9.17) is 0 Å². The minimum atomic E-state index is 0.227. The molecule has 0 aliphatic carbocycles. The predicted molar refractivity (Wildman–Crippen MR) is 82.1 cm³/mol. The summed E-state index contributed by atoms with van der Waals surface area (Å²) in [6.45, 7) is 6.38. The molecule has 0 radical (unpaired) electrons. The number of amides is 1. The normalized spacial score (nSPS) is 25.8. The molecule has 20 heavy (non-hydrogen) atoms. The zero-order chi connectivity index (χ0) is 14.1. The van der Waals surface area contributed by atoms with E-state index in [-0.39, 0.29) is 5.91 Å². The van der Waals surface area contributed by atoms with Gasteiger partial charge in [-0.05, 0) is 56.2 Å². The molecule has 2 heterocycles. The number of carbonyl (C=O) groups is 1. The Morgan fingerprint density at radius 1 is 1.35 bits per heavy atom. The van der Waals surface area contributed by atoms with Gasteiger partial charge in [-0.3, -0.25) is 4.79 Å². The predicted octanol–water partition coefficient (Wildman–Crippen LogP) is 3.31. The van der Waals surface area contributed by atoms with E-state index in [0.29, 0.717) is 6.04 Å². The molecular weight excluding hydrogens is 248 g/mol. The highest BCUT2D eigenvalue weighted by Gasteiger charge is 2.29. The van der Waals surface area contributed by atoms with Crippen LogP contribution in [-0.2, 0) is 6.42 Å². The summed E-state index contributed by atoms with van der Waals surface area (Å²) in [6.07, 6.45) is 4.38. The Labute approximate surface area is 121 Å². The van der Waals surface area contributed by atoms with E-state index in [1.807, 2.05) is 12.1 Å². The van der Waals surface area contributed by atoms with Gasteiger partial charge in [-0.15, -0.1) is 0 Å². The fraction of sp³-hybridized carbons (Fsp3) is 0.588. The van der Waals surface area contributed by atoms with E-state index in [9.17, 15) is 4.79 Å². The summed E-state index contributed by atoms with van der Waals surface area (Å²) >= 11 is 0. The first-order chi connectivity index (χ1) is 9.66. The first-order valence-electron chi connectivity index (χ1n) is 7.83. The van der Waals surface area contributed by atoms with Crippen molar-refractivity contribution in [2.75, 3.05) is 18.4 Å². The van der Waals surface area contributed by atoms with E-state index in [1.165, 1.54) is 5.56 Å². The van der Waals surface area contributed by atoms with Crippen molar-refractivity contribution in [2.45, 2.75) is 45.6 Å². The molecule has 2 unspecified atom stereocenters. The summed E-state index contributed by atoms with van der Waals surface area (Å²) in [6, 6.07) is 6.45. The second-order valence-electron chi connectivity index (χ2n) is 6.34. The quantitative estimate of drug-likeness (QED) is 0.850. The van der Waals surface area contributed by atoms with Crippen molar-refractivity contribution in [3.8, 4) is 0 Å². The molecule has 1 amide bonds. The molecule has 3 rings (SSSR count). The Bertz CT molecular complexity index is 512. The fourth-order valence-corrected chi connectivity index (χ4v) is 3.57. The van der Waals surface area contributed by atoms with Gasteiger partial charge in [-0.1, -0.05) is 13.0 Å². The zero-order valence-corrected chi connectivity index (χ0v) is 12.5. The van der Waals surface area contributed by atoms with Crippen molar-refractivity contribution in [1.29, 1.82) is 0 Å². The molecule has 3 heteroatoms. The number of hydrogen-bond donors (Lipinski definition) is 1. The van der Waals surface area contributed by atoms with Crippen LogP contribution in [0.4, 0.5) is 5.69 Å². The summed E-state index contributed by atoms with van der Waals surface area (Å²) in [7, 11) is 0. The van der Waals surface area contributed by atoms with Gasteiger partial charge in [0.25, 0.3) is 5.91 Å². The van der Waals surface area contributed by atoms with Gasteiger partial charge in [0, 0.05) is 30.4 Å². The van der Waals surface area contributed by atoms with Gasteiger partial charge in [0.2, 0.25) is 0 Å². The van der Waals surface area contributed by atoms with Crippen LogP contribution in [-0.4, -0.2) is 29.9 Å². The zero-order valence-electron chi connectivity index (χ0n) is 12.5. The van der Waals surface area contributed by atoms with Gasteiger partial charge in [0.15, 0.2) is 0 Å². The monoisotopic (exact) mass is 272 g/mol. The summed E-state index contributed by atoms with van der Waals surface area (Å²) in [5.74, 6) is 0.963. The summed E-state index contributed by atoms with van der Waals surface area (Å²) in [4.78, 5) is 15.0. The molecule has 108 valence electrons. The smallest absolute Gasteiger partial charge is 0.254 e. The molecule has 1 saturated heterocycles. The Kier molecular flexibility index (Phi) is 3.68. The van der Waals surface area contributed by atoms with Gasteiger partial charge in [0.05, 0.1) is 0 Å². The van der Waals surface area contributed by atoms with Crippen LogP contribution in [0.1, 0.15) is 49.0 Å². The molecule has 0 saturated carbocycles. The molecule has 1 fully saturated rings. The van der Waals surface area contributed by atoms with Crippen molar-refractivity contribution in [2.24, 2.45) is 5.92 Å². The van der Waals surface area contributed by atoms with Crippen LogP contribution in [0.25, 0.3) is 0 Å². The van der Waals surface area contributed by atoms with Crippen LogP contribution < -0.4 is 5.32 Å². The molecule has 2 aliphatic heterocycles. The number of carbonyl (C=O) groups excluding carboxylic acids is 1. The average Bonchev–Trinajstić information content (AvgIpc) is 2.46.